The molecule has 0 atom stereocenters. The van der Waals surface area contributed by atoms with Gasteiger partial charge in [-0.25, -0.2) is 8.42 Å². The van der Waals surface area contributed by atoms with Crippen molar-refractivity contribution in [2.45, 2.75) is 9.79 Å². The Morgan fingerprint density at radius 3 is 2.33 bits per heavy atom. The van der Waals surface area contributed by atoms with E-state index in [1.807, 2.05) is 29.2 Å². The van der Waals surface area contributed by atoms with E-state index in [-0.39, 0.29) is 10.8 Å². The number of rotatable bonds is 5. The molecule has 1 aliphatic heterocycles. The number of halogens is 1. The van der Waals surface area contributed by atoms with Crippen LogP contribution < -0.4 is 4.90 Å². The third-order valence-corrected chi connectivity index (χ3v) is 6.78. The van der Waals surface area contributed by atoms with Crippen molar-refractivity contribution < 1.29 is 13.2 Å². The fourth-order valence-corrected chi connectivity index (χ4v) is 4.52. The molecule has 0 radical (unpaired) electrons. The molecule has 0 unspecified atom stereocenters. The first-order valence-electron chi connectivity index (χ1n) is 8.54. The van der Waals surface area contributed by atoms with Crippen LogP contribution in [-0.4, -0.2) is 57.4 Å². The molecule has 0 bridgehead atoms. The Morgan fingerprint density at radius 2 is 1.74 bits per heavy atom. The average Bonchev–Trinajstić information content (AvgIpc) is 2.66. The lowest BCUT2D eigenvalue weighted by Crippen LogP contribution is -2.49. The van der Waals surface area contributed by atoms with Crippen LogP contribution in [0.4, 0.5) is 5.69 Å². The second-order valence-corrected chi connectivity index (χ2v) is 9.88. The van der Waals surface area contributed by atoms with Gasteiger partial charge in [-0.15, -0.1) is 11.8 Å². The lowest BCUT2D eigenvalue weighted by atomic mass is 10.2. The molecule has 2 aromatic rings. The summed E-state index contributed by atoms with van der Waals surface area (Å²) in [4.78, 5) is 17.7. The quantitative estimate of drug-likeness (QED) is 0.690. The number of anilines is 1. The molecule has 144 valence electrons. The average molecular weight is 425 g/mol. The predicted octanol–water partition coefficient (Wildman–Crippen LogP) is 3.18. The molecule has 1 heterocycles. The van der Waals surface area contributed by atoms with E-state index < -0.39 is 9.84 Å². The number of carbonyl (C=O) groups excluding carboxylic acids is 1. The summed E-state index contributed by atoms with van der Waals surface area (Å²) in [6.45, 7) is 2.91. The monoisotopic (exact) mass is 424 g/mol. The Balaban J connectivity index is 1.50. The lowest BCUT2D eigenvalue weighted by molar-refractivity contribution is -0.128. The Kier molecular flexibility index (Phi) is 6.34. The molecule has 1 aliphatic rings. The first kappa shape index (κ1) is 20.0. The van der Waals surface area contributed by atoms with Crippen LogP contribution in [0.2, 0.25) is 5.02 Å². The van der Waals surface area contributed by atoms with E-state index in [4.69, 9.17) is 11.6 Å². The third kappa shape index (κ3) is 5.40. The summed E-state index contributed by atoms with van der Waals surface area (Å²) in [6.07, 6.45) is 1.18. The zero-order valence-corrected chi connectivity index (χ0v) is 17.4. The summed E-state index contributed by atoms with van der Waals surface area (Å²) in [5.41, 5.74) is 1.08. The number of amides is 1. The van der Waals surface area contributed by atoms with Crippen molar-refractivity contribution in [1.82, 2.24) is 4.90 Å². The van der Waals surface area contributed by atoms with Crippen LogP contribution in [-0.2, 0) is 14.6 Å². The summed E-state index contributed by atoms with van der Waals surface area (Å²) in [7, 11) is -3.20. The van der Waals surface area contributed by atoms with Crippen LogP contribution in [0.15, 0.2) is 58.3 Å². The number of piperazine rings is 1. The smallest absolute Gasteiger partial charge is 0.233 e. The molecular formula is C19H21ClN2O3S2. The van der Waals surface area contributed by atoms with Crippen LogP contribution in [0.3, 0.4) is 0 Å². The molecule has 5 nitrogen and oxygen atoms in total. The number of thioether (sulfide) groups is 1. The highest BCUT2D eigenvalue weighted by molar-refractivity contribution is 8.00. The van der Waals surface area contributed by atoms with E-state index in [2.05, 4.69) is 4.90 Å². The van der Waals surface area contributed by atoms with E-state index in [1.165, 1.54) is 18.0 Å². The number of nitrogens with zero attached hydrogens (tertiary/aromatic N) is 2. The minimum atomic E-state index is -3.20. The van der Waals surface area contributed by atoms with Gasteiger partial charge in [0.2, 0.25) is 5.91 Å². The highest BCUT2D eigenvalue weighted by atomic mass is 35.5. The normalized spacial score (nSPS) is 15.0. The van der Waals surface area contributed by atoms with Crippen LogP contribution in [0.25, 0.3) is 0 Å². The van der Waals surface area contributed by atoms with Gasteiger partial charge in [-0.1, -0.05) is 17.7 Å². The van der Waals surface area contributed by atoms with Gasteiger partial charge in [-0.3, -0.25) is 4.79 Å². The van der Waals surface area contributed by atoms with Crippen molar-refractivity contribution >= 4 is 44.8 Å². The summed E-state index contributed by atoms with van der Waals surface area (Å²) in [6, 6.07) is 14.4. The van der Waals surface area contributed by atoms with Crippen molar-refractivity contribution in [3.05, 3.63) is 53.6 Å². The number of benzene rings is 2. The van der Waals surface area contributed by atoms with E-state index >= 15 is 0 Å². The molecule has 2 aromatic carbocycles. The van der Waals surface area contributed by atoms with Crippen molar-refractivity contribution in [3.63, 3.8) is 0 Å². The van der Waals surface area contributed by atoms with E-state index in [9.17, 15) is 13.2 Å². The molecule has 8 heteroatoms. The topological polar surface area (TPSA) is 57.7 Å². The van der Waals surface area contributed by atoms with E-state index in [1.54, 1.807) is 24.3 Å². The second kappa shape index (κ2) is 8.54. The first-order valence-corrected chi connectivity index (χ1v) is 11.8. The number of hydrogen-bond donors (Lipinski definition) is 0. The molecule has 27 heavy (non-hydrogen) atoms. The maximum absolute atomic E-state index is 12.5. The molecule has 0 N–H and O–H groups in total. The maximum atomic E-state index is 12.5. The molecule has 0 aromatic heterocycles. The van der Waals surface area contributed by atoms with Crippen LogP contribution >= 0.6 is 23.4 Å². The number of carbonyl (C=O) groups is 1. The van der Waals surface area contributed by atoms with Crippen LogP contribution in [0, 0.1) is 0 Å². The van der Waals surface area contributed by atoms with Gasteiger partial charge in [0.1, 0.15) is 0 Å². The first-order chi connectivity index (χ1) is 12.8. The van der Waals surface area contributed by atoms with Crippen molar-refractivity contribution in [2.75, 3.05) is 43.1 Å². The SMILES string of the molecule is CS(=O)(=O)c1ccc(SCC(=O)N2CCN(c3cccc(Cl)c3)CC2)cc1. The Morgan fingerprint density at radius 1 is 1.07 bits per heavy atom. The predicted molar refractivity (Wildman–Crippen MR) is 111 cm³/mol. The third-order valence-electron chi connectivity index (χ3n) is 4.42. The summed E-state index contributed by atoms with van der Waals surface area (Å²) >= 11 is 7.47. The standard InChI is InChI=1S/C19H21ClN2O3S2/c1-27(24,25)18-7-5-17(6-8-18)26-14-19(23)22-11-9-21(10-12-22)16-4-2-3-15(20)13-16/h2-8,13H,9-12,14H2,1H3. The lowest BCUT2D eigenvalue weighted by Gasteiger charge is -2.36. The van der Waals surface area contributed by atoms with Crippen molar-refractivity contribution in [3.8, 4) is 0 Å². The Hall–Kier alpha value is -1.70. The summed E-state index contributed by atoms with van der Waals surface area (Å²) in [5.74, 6) is 0.438. The minimum Gasteiger partial charge on any atom is -0.368 e. The van der Waals surface area contributed by atoms with Crippen LogP contribution in [0.5, 0.6) is 0 Å². The molecule has 0 aliphatic carbocycles. The van der Waals surface area contributed by atoms with Gasteiger partial charge in [0.25, 0.3) is 0 Å². The largest absolute Gasteiger partial charge is 0.368 e. The van der Waals surface area contributed by atoms with Gasteiger partial charge in [0.15, 0.2) is 9.84 Å². The molecule has 0 spiro atoms. The maximum Gasteiger partial charge on any atom is 0.233 e. The van der Waals surface area contributed by atoms with Crippen molar-refractivity contribution in [2.24, 2.45) is 0 Å². The van der Waals surface area contributed by atoms with Gasteiger partial charge >= 0.3 is 0 Å². The summed E-state index contributed by atoms with van der Waals surface area (Å²) in [5, 5.41) is 0.712. The Labute approximate surface area is 169 Å². The van der Waals surface area contributed by atoms with Gasteiger partial charge in [0.05, 0.1) is 10.6 Å². The van der Waals surface area contributed by atoms with E-state index in [0.717, 1.165) is 23.7 Å². The summed E-state index contributed by atoms with van der Waals surface area (Å²) < 4.78 is 23.0. The van der Waals surface area contributed by atoms with Gasteiger partial charge in [0, 0.05) is 48.0 Å². The molecule has 1 saturated heterocycles. The van der Waals surface area contributed by atoms with Gasteiger partial charge < -0.3 is 9.80 Å². The zero-order valence-electron chi connectivity index (χ0n) is 15.0. The Bertz CT molecular complexity index is 909. The van der Waals surface area contributed by atoms with Crippen molar-refractivity contribution in [1.29, 1.82) is 0 Å². The zero-order chi connectivity index (χ0) is 19.4. The number of hydrogen-bond acceptors (Lipinski definition) is 5. The molecule has 0 saturated carbocycles. The van der Waals surface area contributed by atoms with Gasteiger partial charge in [-0.05, 0) is 42.5 Å². The highest BCUT2D eigenvalue weighted by Crippen LogP contribution is 2.23. The fraction of sp³-hybridized carbons (Fsp3) is 0.316. The van der Waals surface area contributed by atoms with E-state index in [0.29, 0.717) is 23.9 Å². The van der Waals surface area contributed by atoms with Gasteiger partial charge in [-0.2, -0.15) is 0 Å². The molecule has 3 rings (SSSR count). The second-order valence-electron chi connectivity index (χ2n) is 6.38. The molecule has 1 fully saturated rings. The molecule has 1 amide bonds. The molecular weight excluding hydrogens is 404 g/mol. The minimum absolute atomic E-state index is 0.0953. The number of sulfone groups is 1. The highest BCUT2D eigenvalue weighted by Gasteiger charge is 2.21. The fourth-order valence-electron chi connectivity index (χ4n) is 2.91. The van der Waals surface area contributed by atoms with Crippen LogP contribution in [0.1, 0.15) is 0 Å².